The summed E-state index contributed by atoms with van der Waals surface area (Å²) < 4.78 is 5.90. The van der Waals surface area contributed by atoms with Crippen molar-refractivity contribution in [2.24, 2.45) is 5.92 Å². The van der Waals surface area contributed by atoms with Crippen LogP contribution in [0.25, 0.3) is 0 Å². The number of thioether (sulfide) groups is 1. The van der Waals surface area contributed by atoms with Crippen molar-refractivity contribution >= 4 is 17.7 Å². The van der Waals surface area contributed by atoms with Crippen LogP contribution in [0.4, 0.5) is 0 Å². The molecule has 0 spiro atoms. The van der Waals surface area contributed by atoms with Gasteiger partial charge in [-0.05, 0) is 37.1 Å². The fourth-order valence-corrected chi connectivity index (χ4v) is 3.27. The molecule has 1 aliphatic carbocycles. The monoisotopic (exact) mass is 308 g/mol. The van der Waals surface area contributed by atoms with E-state index in [0.29, 0.717) is 30.7 Å². The van der Waals surface area contributed by atoms with Crippen LogP contribution >= 0.6 is 11.8 Å². The summed E-state index contributed by atoms with van der Waals surface area (Å²) in [6, 6.07) is 3.59. The maximum atomic E-state index is 12.1. The molecule has 0 radical (unpaired) electrons. The second kappa shape index (κ2) is 8.39. The lowest BCUT2D eigenvalue weighted by atomic mass is 9.88. The average Bonchev–Trinajstić information content (AvgIpc) is 2.52. The zero-order valence-corrected chi connectivity index (χ0v) is 13.6. The summed E-state index contributed by atoms with van der Waals surface area (Å²) in [5, 5.41) is 3.67. The van der Waals surface area contributed by atoms with Gasteiger partial charge in [-0.25, -0.2) is 4.98 Å². The Morgan fingerprint density at radius 1 is 1.48 bits per heavy atom. The van der Waals surface area contributed by atoms with Gasteiger partial charge in [-0.1, -0.05) is 19.8 Å². The van der Waals surface area contributed by atoms with Crippen molar-refractivity contribution in [3.8, 4) is 0 Å². The second-order valence-electron chi connectivity index (χ2n) is 5.49. The Bertz CT molecular complexity index is 467. The number of ether oxygens (including phenoxy) is 1. The van der Waals surface area contributed by atoms with Gasteiger partial charge in [0.15, 0.2) is 0 Å². The van der Waals surface area contributed by atoms with Gasteiger partial charge in [0.2, 0.25) is 0 Å². The highest BCUT2D eigenvalue weighted by molar-refractivity contribution is 7.98. The Morgan fingerprint density at radius 2 is 2.29 bits per heavy atom. The van der Waals surface area contributed by atoms with E-state index in [1.807, 2.05) is 6.26 Å². The quantitative estimate of drug-likeness (QED) is 0.648. The molecule has 21 heavy (non-hydrogen) atoms. The summed E-state index contributed by atoms with van der Waals surface area (Å²) in [5.74, 6) is 0.559. The van der Waals surface area contributed by atoms with E-state index < -0.39 is 0 Å². The van der Waals surface area contributed by atoms with Crippen molar-refractivity contribution in [3.05, 3.63) is 23.9 Å². The number of nitrogens with one attached hydrogen (secondary N) is 1. The van der Waals surface area contributed by atoms with Crippen molar-refractivity contribution in [1.82, 2.24) is 10.3 Å². The first kappa shape index (κ1) is 16.3. The molecule has 1 aromatic rings. The van der Waals surface area contributed by atoms with E-state index in [1.54, 1.807) is 18.3 Å². The number of rotatable bonds is 6. The van der Waals surface area contributed by atoms with Crippen molar-refractivity contribution in [2.75, 3.05) is 19.4 Å². The minimum atomic E-state index is -0.0762. The van der Waals surface area contributed by atoms with Crippen molar-refractivity contribution in [1.29, 1.82) is 0 Å². The predicted molar refractivity (Wildman–Crippen MR) is 85.7 cm³/mol. The number of carbonyl (C=O) groups is 1. The standard InChI is InChI=1S/C16H24N2O2S/c1-12-6-3-4-8-14(12)20-11-10-17-15(19)13-7-5-9-18-16(13)21-2/h5,7,9,12,14H,3-4,6,8,10-11H2,1-2H3,(H,17,19)/t12-,14-/m0/s1. The molecule has 1 fully saturated rings. The van der Waals surface area contributed by atoms with E-state index in [4.69, 9.17) is 4.74 Å². The molecule has 1 aliphatic rings. The lowest BCUT2D eigenvalue weighted by molar-refractivity contribution is -0.00294. The molecule has 0 bridgehead atoms. The first-order valence-corrected chi connectivity index (χ1v) is 8.83. The van der Waals surface area contributed by atoms with Gasteiger partial charge < -0.3 is 10.1 Å². The van der Waals surface area contributed by atoms with Crippen molar-refractivity contribution < 1.29 is 9.53 Å². The number of aromatic nitrogens is 1. The van der Waals surface area contributed by atoms with E-state index in [-0.39, 0.29) is 5.91 Å². The fraction of sp³-hybridized carbons (Fsp3) is 0.625. The molecular formula is C16H24N2O2S. The van der Waals surface area contributed by atoms with E-state index in [2.05, 4.69) is 17.2 Å². The second-order valence-corrected chi connectivity index (χ2v) is 6.28. The van der Waals surface area contributed by atoms with E-state index in [0.717, 1.165) is 11.4 Å². The van der Waals surface area contributed by atoms with E-state index in [9.17, 15) is 4.79 Å². The number of hydrogen-bond acceptors (Lipinski definition) is 4. The maximum Gasteiger partial charge on any atom is 0.254 e. The molecular weight excluding hydrogens is 284 g/mol. The molecule has 5 heteroatoms. The Hall–Kier alpha value is -1.07. The molecule has 4 nitrogen and oxygen atoms in total. The molecule has 1 aromatic heterocycles. The van der Waals surface area contributed by atoms with Crippen LogP contribution in [-0.2, 0) is 4.74 Å². The Labute approximate surface area is 131 Å². The molecule has 1 heterocycles. The number of hydrogen-bond donors (Lipinski definition) is 1. The van der Waals surface area contributed by atoms with Gasteiger partial charge in [0, 0.05) is 12.7 Å². The first-order valence-electron chi connectivity index (χ1n) is 7.61. The van der Waals surface area contributed by atoms with Crippen LogP contribution < -0.4 is 5.32 Å². The molecule has 2 atom stereocenters. The van der Waals surface area contributed by atoms with Gasteiger partial charge in [-0.15, -0.1) is 11.8 Å². The maximum absolute atomic E-state index is 12.1. The van der Waals surface area contributed by atoms with Crippen molar-refractivity contribution in [3.63, 3.8) is 0 Å². The van der Waals surface area contributed by atoms with Crippen LogP contribution in [0.3, 0.4) is 0 Å². The fourth-order valence-electron chi connectivity index (χ4n) is 2.73. The van der Waals surface area contributed by atoms with Gasteiger partial charge in [-0.2, -0.15) is 0 Å². The molecule has 1 N–H and O–H groups in total. The topological polar surface area (TPSA) is 51.2 Å². The third-order valence-corrected chi connectivity index (χ3v) is 4.67. The predicted octanol–water partition coefficient (Wildman–Crippen LogP) is 3.13. The van der Waals surface area contributed by atoms with Crippen LogP contribution in [0, 0.1) is 5.92 Å². The third kappa shape index (κ3) is 4.71. The molecule has 116 valence electrons. The lowest BCUT2D eigenvalue weighted by Crippen LogP contribution is -2.32. The molecule has 0 unspecified atom stereocenters. The summed E-state index contributed by atoms with van der Waals surface area (Å²) in [6.45, 7) is 3.38. The number of nitrogens with zero attached hydrogens (tertiary/aromatic N) is 1. The summed E-state index contributed by atoms with van der Waals surface area (Å²) in [7, 11) is 0. The van der Waals surface area contributed by atoms with Crippen LogP contribution in [-0.4, -0.2) is 36.4 Å². The number of carbonyl (C=O) groups excluding carboxylic acids is 1. The van der Waals surface area contributed by atoms with Gasteiger partial charge >= 0.3 is 0 Å². The Kier molecular flexibility index (Phi) is 6.51. The highest BCUT2D eigenvalue weighted by atomic mass is 32.2. The normalized spacial score (nSPS) is 22.0. The lowest BCUT2D eigenvalue weighted by Gasteiger charge is -2.28. The summed E-state index contributed by atoms with van der Waals surface area (Å²) in [4.78, 5) is 16.3. The molecule has 1 amide bonds. The molecule has 0 aromatic carbocycles. The summed E-state index contributed by atoms with van der Waals surface area (Å²) >= 11 is 1.48. The van der Waals surface area contributed by atoms with Crippen molar-refractivity contribution in [2.45, 2.75) is 43.7 Å². The third-order valence-electron chi connectivity index (χ3n) is 3.96. The largest absolute Gasteiger partial charge is 0.376 e. The van der Waals surface area contributed by atoms with Gasteiger partial charge in [0.05, 0.1) is 18.3 Å². The van der Waals surface area contributed by atoms with Gasteiger partial charge in [0.1, 0.15) is 5.03 Å². The van der Waals surface area contributed by atoms with Crippen LogP contribution in [0.5, 0.6) is 0 Å². The zero-order valence-electron chi connectivity index (χ0n) is 12.8. The SMILES string of the molecule is CSc1ncccc1C(=O)NCCO[C@H]1CCCC[C@@H]1C. The van der Waals surface area contributed by atoms with Gasteiger partial charge in [-0.3, -0.25) is 4.79 Å². The number of pyridine rings is 1. The summed E-state index contributed by atoms with van der Waals surface area (Å²) in [5.41, 5.74) is 0.635. The van der Waals surface area contributed by atoms with Crippen LogP contribution in [0.15, 0.2) is 23.4 Å². The molecule has 1 saturated carbocycles. The van der Waals surface area contributed by atoms with E-state index >= 15 is 0 Å². The molecule has 0 aliphatic heterocycles. The van der Waals surface area contributed by atoms with Crippen LogP contribution in [0.2, 0.25) is 0 Å². The smallest absolute Gasteiger partial charge is 0.254 e. The molecule has 2 rings (SSSR count). The Balaban J connectivity index is 1.74. The van der Waals surface area contributed by atoms with Crippen LogP contribution in [0.1, 0.15) is 43.0 Å². The van der Waals surface area contributed by atoms with E-state index in [1.165, 1.54) is 31.0 Å². The van der Waals surface area contributed by atoms with Gasteiger partial charge in [0.25, 0.3) is 5.91 Å². The average molecular weight is 308 g/mol. The minimum absolute atomic E-state index is 0.0762. The zero-order chi connectivity index (χ0) is 15.1. The molecule has 0 saturated heterocycles. The summed E-state index contributed by atoms with van der Waals surface area (Å²) in [6.07, 6.45) is 8.96. The Morgan fingerprint density at radius 3 is 3.05 bits per heavy atom. The first-order chi connectivity index (χ1) is 10.2. The number of amides is 1. The minimum Gasteiger partial charge on any atom is -0.376 e. The highest BCUT2D eigenvalue weighted by Crippen LogP contribution is 2.26. The highest BCUT2D eigenvalue weighted by Gasteiger charge is 2.21.